The van der Waals surface area contributed by atoms with Crippen LogP contribution in [0.25, 0.3) is 5.65 Å². The number of esters is 1. The summed E-state index contributed by atoms with van der Waals surface area (Å²) < 4.78 is 41.2. The van der Waals surface area contributed by atoms with Crippen LogP contribution in [0.1, 0.15) is 28.5 Å². The minimum absolute atomic E-state index is 0.000185. The van der Waals surface area contributed by atoms with Gasteiger partial charge < -0.3 is 14.2 Å². The van der Waals surface area contributed by atoms with E-state index in [1.807, 2.05) is 6.92 Å². The van der Waals surface area contributed by atoms with Crippen molar-refractivity contribution in [1.82, 2.24) is 9.38 Å². The highest BCUT2D eigenvalue weighted by atomic mass is 19.3. The van der Waals surface area contributed by atoms with Gasteiger partial charge in [-0.2, -0.15) is 8.78 Å². The minimum atomic E-state index is -3.02. The lowest BCUT2D eigenvalue weighted by Gasteiger charge is -2.12. The third kappa shape index (κ3) is 4.87. The number of aryl methyl sites for hydroxylation is 1. The normalized spacial score (nSPS) is 10.9. The van der Waals surface area contributed by atoms with Gasteiger partial charge in [0.25, 0.3) is 5.56 Å². The second-order valence-electron chi connectivity index (χ2n) is 6.07. The summed E-state index contributed by atoms with van der Waals surface area (Å²) in [5, 5.41) is 0. The van der Waals surface area contributed by atoms with Crippen LogP contribution in [0.4, 0.5) is 8.78 Å². The van der Waals surface area contributed by atoms with Gasteiger partial charge in [-0.3, -0.25) is 9.20 Å². The van der Waals surface area contributed by atoms with Crippen molar-refractivity contribution in [2.45, 2.75) is 27.1 Å². The second-order valence-corrected chi connectivity index (χ2v) is 6.07. The van der Waals surface area contributed by atoms with Crippen molar-refractivity contribution in [3.63, 3.8) is 0 Å². The van der Waals surface area contributed by atoms with E-state index in [9.17, 15) is 18.4 Å². The Morgan fingerprint density at radius 1 is 1.17 bits per heavy atom. The van der Waals surface area contributed by atoms with Crippen LogP contribution in [0.15, 0.2) is 47.4 Å². The first-order chi connectivity index (χ1) is 13.9. The summed E-state index contributed by atoms with van der Waals surface area (Å²) in [7, 11) is 0. The third-order valence-electron chi connectivity index (χ3n) is 3.92. The number of carbonyl (C=O) groups excluding carboxylic acids is 1. The summed E-state index contributed by atoms with van der Waals surface area (Å²) in [6.07, 6.45) is 1.62. The average molecular weight is 404 g/mol. The molecule has 0 unspecified atom stereocenters. The van der Waals surface area contributed by atoms with Crippen molar-refractivity contribution in [3.8, 4) is 11.5 Å². The first-order valence-corrected chi connectivity index (χ1v) is 8.75. The van der Waals surface area contributed by atoms with Gasteiger partial charge in [-0.1, -0.05) is 0 Å². The Labute approximate surface area is 164 Å². The fourth-order valence-corrected chi connectivity index (χ4v) is 2.65. The number of ether oxygens (including phenoxy) is 3. The van der Waals surface area contributed by atoms with Crippen molar-refractivity contribution >= 4 is 11.6 Å². The molecular formula is C20H18F2N2O5. The van der Waals surface area contributed by atoms with Gasteiger partial charge in [0.15, 0.2) is 11.5 Å². The number of fused-ring (bicyclic) bond motifs is 1. The van der Waals surface area contributed by atoms with Gasteiger partial charge in [0.05, 0.1) is 17.9 Å². The van der Waals surface area contributed by atoms with Gasteiger partial charge in [-0.05, 0) is 49.7 Å². The molecule has 0 fully saturated rings. The average Bonchev–Trinajstić information content (AvgIpc) is 2.67. The first-order valence-electron chi connectivity index (χ1n) is 8.75. The van der Waals surface area contributed by atoms with Gasteiger partial charge in [0.2, 0.25) is 0 Å². The zero-order valence-electron chi connectivity index (χ0n) is 15.7. The molecule has 9 heteroatoms. The molecule has 0 saturated heterocycles. The van der Waals surface area contributed by atoms with Gasteiger partial charge in [-0.25, -0.2) is 9.78 Å². The van der Waals surface area contributed by atoms with Crippen LogP contribution in [-0.2, 0) is 11.3 Å². The molecule has 0 aliphatic rings. The van der Waals surface area contributed by atoms with E-state index in [4.69, 9.17) is 9.47 Å². The molecule has 0 spiro atoms. The number of nitrogens with zero attached hydrogens (tertiary/aromatic N) is 2. The Morgan fingerprint density at radius 2 is 1.97 bits per heavy atom. The Hall–Kier alpha value is -3.49. The highest BCUT2D eigenvalue weighted by Gasteiger charge is 2.16. The Kier molecular flexibility index (Phi) is 6.06. The fourth-order valence-electron chi connectivity index (χ4n) is 2.65. The Balaban J connectivity index is 1.77. The fraction of sp³-hybridized carbons (Fsp3) is 0.250. The van der Waals surface area contributed by atoms with Gasteiger partial charge >= 0.3 is 12.6 Å². The first kappa shape index (κ1) is 20.2. The van der Waals surface area contributed by atoms with Gasteiger partial charge in [-0.15, -0.1) is 0 Å². The number of pyridine rings is 1. The molecule has 0 amide bonds. The van der Waals surface area contributed by atoms with Crippen molar-refractivity contribution in [1.29, 1.82) is 0 Å². The number of hydrogen-bond acceptors (Lipinski definition) is 6. The lowest BCUT2D eigenvalue weighted by molar-refractivity contribution is -0.0514. The van der Waals surface area contributed by atoms with E-state index in [-0.39, 0.29) is 41.5 Å². The Morgan fingerprint density at radius 3 is 2.69 bits per heavy atom. The molecule has 2 heterocycles. The SMILES string of the molecule is CCOc1cc(C(=O)OCc2cc(=O)n3ccc(C)cc3n2)ccc1OC(F)F. The number of carbonyl (C=O) groups is 1. The highest BCUT2D eigenvalue weighted by Crippen LogP contribution is 2.30. The van der Waals surface area contributed by atoms with Crippen LogP contribution in [0.5, 0.6) is 11.5 Å². The smallest absolute Gasteiger partial charge is 0.387 e. The monoisotopic (exact) mass is 404 g/mol. The van der Waals surface area contributed by atoms with Crippen LogP contribution >= 0.6 is 0 Å². The van der Waals surface area contributed by atoms with E-state index in [0.29, 0.717) is 5.65 Å². The van der Waals surface area contributed by atoms with E-state index < -0.39 is 12.6 Å². The molecule has 29 heavy (non-hydrogen) atoms. The maximum atomic E-state index is 12.5. The largest absolute Gasteiger partial charge is 0.490 e. The molecule has 0 bridgehead atoms. The molecular weight excluding hydrogens is 386 g/mol. The van der Waals surface area contributed by atoms with Crippen molar-refractivity contribution in [2.75, 3.05) is 6.61 Å². The predicted molar refractivity (Wildman–Crippen MR) is 99.6 cm³/mol. The number of hydrogen-bond donors (Lipinski definition) is 0. The van der Waals surface area contributed by atoms with Crippen LogP contribution < -0.4 is 15.0 Å². The molecule has 0 aliphatic carbocycles. The van der Waals surface area contributed by atoms with Gasteiger partial charge in [0.1, 0.15) is 12.3 Å². The number of alkyl halides is 2. The molecule has 0 N–H and O–H groups in total. The molecule has 2 aromatic heterocycles. The summed E-state index contributed by atoms with van der Waals surface area (Å²) in [6, 6.07) is 8.55. The summed E-state index contributed by atoms with van der Waals surface area (Å²) in [4.78, 5) is 28.8. The van der Waals surface area contributed by atoms with E-state index in [1.165, 1.54) is 28.7 Å². The standard InChI is InChI=1S/C20H18F2N2O5/c1-3-27-16-9-13(4-5-15(16)29-20(21)22)19(26)28-11-14-10-18(25)24-7-6-12(2)8-17(24)23-14/h4-10,20H,3,11H2,1-2H3. The topological polar surface area (TPSA) is 79.1 Å². The van der Waals surface area contributed by atoms with Crippen molar-refractivity contribution in [2.24, 2.45) is 0 Å². The van der Waals surface area contributed by atoms with E-state index >= 15 is 0 Å². The lowest BCUT2D eigenvalue weighted by Crippen LogP contribution is -2.16. The molecule has 0 radical (unpaired) electrons. The molecule has 3 aromatic rings. The molecule has 3 rings (SSSR count). The number of halogens is 2. The van der Waals surface area contributed by atoms with E-state index in [2.05, 4.69) is 9.72 Å². The molecule has 7 nitrogen and oxygen atoms in total. The number of rotatable bonds is 7. The van der Waals surface area contributed by atoms with E-state index in [0.717, 1.165) is 5.56 Å². The van der Waals surface area contributed by atoms with E-state index in [1.54, 1.807) is 25.3 Å². The van der Waals surface area contributed by atoms with Gasteiger partial charge in [0, 0.05) is 12.3 Å². The van der Waals surface area contributed by atoms with Crippen LogP contribution in [0, 0.1) is 6.92 Å². The lowest BCUT2D eigenvalue weighted by atomic mass is 10.2. The zero-order chi connectivity index (χ0) is 21.0. The summed E-state index contributed by atoms with van der Waals surface area (Å²) in [5.41, 5.74) is 1.45. The maximum Gasteiger partial charge on any atom is 0.387 e. The van der Waals surface area contributed by atoms with Crippen molar-refractivity contribution in [3.05, 3.63) is 69.8 Å². The van der Waals surface area contributed by atoms with Crippen LogP contribution in [0.3, 0.4) is 0 Å². The molecule has 152 valence electrons. The summed E-state index contributed by atoms with van der Waals surface area (Å²) in [6.45, 7) is 0.493. The predicted octanol–water partition coefficient (Wildman–Crippen LogP) is 3.36. The second kappa shape index (κ2) is 8.68. The zero-order valence-corrected chi connectivity index (χ0v) is 15.7. The molecule has 0 atom stereocenters. The number of benzene rings is 1. The minimum Gasteiger partial charge on any atom is -0.490 e. The molecule has 0 saturated carbocycles. The number of aromatic nitrogens is 2. The Bertz CT molecular complexity index is 1100. The summed E-state index contributed by atoms with van der Waals surface area (Å²) in [5.74, 6) is -0.904. The maximum absolute atomic E-state index is 12.5. The quantitative estimate of drug-likeness (QED) is 0.562. The third-order valence-corrected chi connectivity index (χ3v) is 3.92. The van der Waals surface area contributed by atoms with Crippen LogP contribution in [0.2, 0.25) is 0 Å². The van der Waals surface area contributed by atoms with Crippen molar-refractivity contribution < 1.29 is 27.8 Å². The molecule has 1 aromatic carbocycles. The van der Waals surface area contributed by atoms with Crippen LogP contribution in [-0.4, -0.2) is 28.6 Å². The molecule has 0 aliphatic heterocycles. The summed E-state index contributed by atoms with van der Waals surface area (Å²) >= 11 is 0. The highest BCUT2D eigenvalue weighted by molar-refractivity contribution is 5.90.